The number of hydrogen-bond donors (Lipinski definition) is 2. The number of amides is 1. The molecule has 0 aromatic carbocycles. The van der Waals surface area contributed by atoms with Gasteiger partial charge in [0, 0.05) is 19.3 Å². The third-order valence-electron chi connectivity index (χ3n) is 4.87. The van der Waals surface area contributed by atoms with Crippen LogP contribution in [0.4, 0.5) is 0 Å². The number of hydrogen-bond acceptors (Lipinski definition) is 6. The lowest BCUT2D eigenvalue weighted by atomic mass is 10.1. The molecule has 2 aliphatic rings. The van der Waals surface area contributed by atoms with Crippen molar-refractivity contribution in [2.75, 3.05) is 13.1 Å². The van der Waals surface area contributed by atoms with E-state index in [0.29, 0.717) is 13.1 Å². The Hall–Kier alpha value is -3.07. The fraction of sp³-hybridized carbons (Fsp3) is 0.353. The Morgan fingerprint density at radius 2 is 2.12 bits per heavy atom. The summed E-state index contributed by atoms with van der Waals surface area (Å²) in [5.41, 5.74) is -1.75. The molecule has 9 nitrogen and oxygen atoms in total. The Morgan fingerprint density at radius 3 is 2.81 bits per heavy atom. The number of carbonyl (C=O) groups is 2. The first kappa shape index (κ1) is 16.4. The average Bonchev–Trinajstić information content (AvgIpc) is 3.11. The largest absolute Gasteiger partial charge is 0.503 e. The number of pyridine rings is 1. The maximum Gasteiger partial charge on any atom is 0.341 e. The molecule has 0 aliphatic carbocycles. The van der Waals surface area contributed by atoms with Gasteiger partial charge in [0.05, 0.1) is 19.4 Å². The summed E-state index contributed by atoms with van der Waals surface area (Å²) in [7, 11) is 0. The number of aromatic nitrogens is 1. The second-order valence-corrected chi connectivity index (χ2v) is 6.41. The van der Waals surface area contributed by atoms with E-state index >= 15 is 0 Å². The average molecular weight is 359 g/mol. The summed E-state index contributed by atoms with van der Waals surface area (Å²) in [4.78, 5) is 39.8. The van der Waals surface area contributed by atoms with Gasteiger partial charge in [-0.3, -0.25) is 14.5 Å². The molecule has 1 atom stereocenters. The van der Waals surface area contributed by atoms with Gasteiger partial charge in [0.25, 0.3) is 5.91 Å². The van der Waals surface area contributed by atoms with Crippen molar-refractivity contribution < 1.29 is 24.2 Å². The predicted molar refractivity (Wildman–Crippen MR) is 87.9 cm³/mol. The van der Waals surface area contributed by atoms with E-state index in [2.05, 4.69) is 4.90 Å². The van der Waals surface area contributed by atoms with Gasteiger partial charge in [-0.2, -0.15) is 0 Å². The Labute approximate surface area is 147 Å². The Morgan fingerprint density at radius 1 is 1.31 bits per heavy atom. The number of aromatic hydroxyl groups is 1. The minimum atomic E-state index is -1.44. The van der Waals surface area contributed by atoms with Crippen LogP contribution < -0.4 is 5.43 Å². The number of carbonyl (C=O) groups excluding carboxylic acids is 1. The molecule has 0 saturated carbocycles. The van der Waals surface area contributed by atoms with Gasteiger partial charge in [-0.15, -0.1) is 0 Å². The standard InChI is InChI=1S/C17H17N3O6/c21-14-11(17(24)25)8-19-9-12-18(7-10-3-1-6-26-10)4-2-5-20(12)16(23)13(19)15(14)22/h1,3,6,8,12,22H,2,4-5,7,9H2,(H,24,25). The summed E-state index contributed by atoms with van der Waals surface area (Å²) in [5, 5.41) is 19.3. The molecule has 136 valence electrons. The summed E-state index contributed by atoms with van der Waals surface area (Å²) in [6.07, 6.45) is 3.16. The van der Waals surface area contributed by atoms with E-state index in [0.717, 1.165) is 24.9 Å². The summed E-state index contributed by atoms with van der Waals surface area (Å²) < 4.78 is 6.75. The van der Waals surface area contributed by atoms with Crippen LogP contribution in [0.5, 0.6) is 5.75 Å². The van der Waals surface area contributed by atoms with E-state index in [1.165, 1.54) is 4.57 Å². The third-order valence-corrected chi connectivity index (χ3v) is 4.87. The fourth-order valence-electron chi connectivity index (χ4n) is 3.66. The van der Waals surface area contributed by atoms with Gasteiger partial charge >= 0.3 is 5.97 Å². The molecule has 1 saturated heterocycles. The van der Waals surface area contributed by atoms with E-state index < -0.39 is 28.6 Å². The molecule has 2 aliphatic heterocycles. The first-order chi connectivity index (χ1) is 12.5. The number of rotatable bonds is 3. The number of carboxylic acid groups (broad SMARTS) is 1. The van der Waals surface area contributed by atoms with E-state index in [4.69, 9.17) is 4.42 Å². The number of fused-ring (bicyclic) bond motifs is 2. The van der Waals surface area contributed by atoms with Crippen LogP contribution in [0, 0.1) is 0 Å². The molecule has 9 heteroatoms. The highest BCUT2D eigenvalue weighted by Gasteiger charge is 2.40. The second kappa shape index (κ2) is 6.03. The molecule has 4 rings (SSSR count). The zero-order valence-corrected chi connectivity index (χ0v) is 13.8. The highest BCUT2D eigenvalue weighted by molar-refractivity contribution is 5.97. The number of carboxylic acids is 1. The van der Waals surface area contributed by atoms with Crippen LogP contribution in [-0.4, -0.2) is 55.7 Å². The maximum absolute atomic E-state index is 12.9. The monoisotopic (exact) mass is 359 g/mol. The smallest absolute Gasteiger partial charge is 0.341 e. The van der Waals surface area contributed by atoms with Crippen LogP contribution in [0.2, 0.25) is 0 Å². The van der Waals surface area contributed by atoms with E-state index in [1.807, 2.05) is 6.07 Å². The van der Waals surface area contributed by atoms with Gasteiger partial charge in [-0.25, -0.2) is 4.79 Å². The Kier molecular flexibility index (Phi) is 3.80. The quantitative estimate of drug-likeness (QED) is 0.821. The van der Waals surface area contributed by atoms with Crippen molar-refractivity contribution in [3.8, 4) is 5.75 Å². The van der Waals surface area contributed by atoms with Gasteiger partial charge in [-0.1, -0.05) is 0 Å². The minimum Gasteiger partial charge on any atom is -0.503 e. The molecular weight excluding hydrogens is 342 g/mol. The molecule has 1 amide bonds. The van der Waals surface area contributed by atoms with Crippen molar-refractivity contribution in [2.45, 2.75) is 25.7 Å². The van der Waals surface area contributed by atoms with Crippen LogP contribution in [0.25, 0.3) is 0 Å². The number of nitrogens with zero attached hydrogens (tertiary/aromatic N) is 3. The highest BCUT2D eigenvalue weighted by Crippen LogP contribution is 2.28. The summed E-state index contributed by atoms with van der Waals surface area (Å²) in [5.74, 6) is -1.96. The fourth-order valence-corrected chi connectivity index (χ4v) is 3.66. The number of furan rings is 1. The molecular formula is C17H17N3O6. The third kappa shape index (κ3) is 2.48. The van der Waals surface area contributed by atoms with Crippen molar-refractivity contribution in [2.24, 2.45) is 0 Å². The van der Waals surface area contributed by atoms with Crippen LogP contribution >= 0.6 is 0 Å². The molecule has 26 heavy (non-hydrogen) atoms. The molecule has 0 spiro atoms. The first-order valence-corrected chi connectivity index (χ1v) is 8.24. The summed E-state index contributed by atoms with van der Waals surface area (Å²) in [6, 6.07) is 3.64. The molecule has 0 bridgehead atoms. The summed E-state index contributed by atoms with van der Waals surface area (Å²) >= 11 is 0. The SMILES string of the molecule is O=C(O)c1cn2c(c(O)c1=O)C(=O)N1CCCN(Cc3ccco3)C1C2. The highest BCUT2D eigenvalue weighted by atomic mass is 16.4. The topological polar surface area (TPSA) is 116 Å². The minimum absolute atomic E-state index is 0.156. The van der Waals surface area contributed by atoms with Gasteiger partial charge in [0.15, 0.2) is 11.4 Å². The lowest BCUT2D eigenvalue weighted by Gasteiger charge is -2.46. The summed E-state index contributed by atoms with van der Waals surface area (Å²) in [6.45, 7) is 2.03. The van der Waals surface area contributed by atoms with Gasteiger partial charge < -0.3 is 24.1 Å². The van der Waals surface area contributed by atoms with Crippen LogP contribution in [0.15, 0.2) is 33.8 Å². The Bertz CT molecular complexity index is 933. The van der Waals surface area contributed by atoms with Gasteiger partial charge in [0.1, 0.15) is 17.5 Å². The normalized spacial score (nSPS) is 19.9. The molecule has 4 heterocycles. The molecule has 1 fully saturated rings. The first-order valence-electron chi connectivity index (χ1n) is 8.24. The second-order valence-electron chi connectivity index (χ2n) is 6.41. The van der Waals surface area contributed by atoms with Gasteiger partial charge in [-0.05, 0) is 18.6 Å². The molecule has 2 aromatic rings. The van der Waals surface area contributed by atoms with Gasteiger partial charge in [0.2, 0.25) is 5.43 Å². The number of aromatic carboxylic acids is 1. The van der Waals surface area contributed by atoms with Crippen molar-refractivity contribution in [3.05, 3.63) is 51.8 Å². The van der Waals surface area contributed by atoms with E-state index in [-0.39, 0.29) is 18.4 Å². The predicted octanol–water partition coefficient (Wildman–Crippen LogP) is 0.533. The van der Waals surface area contributed by atoms with Crippen molar-refractivity contribution in [1.82, 2.24) is 14.4 Å². The van der Waals surface area contributed by atoms with Crippen molar-refractivity contribution in [3.63, 3.8) is 0 Å². The van der Waals surface area contributed by atoms with Crippen LogP contribution in [0.3, 0.4) is 0 Å². The van der Waals surface area contributed by atoms with Crippen molar-refractivity contribution >= 4 is 11.9 Å². The van der Waals surface area contributed by atoms with Crippen molar-refractivity contribution in [1.29, 1.82) is 0 Å². The molecule has 2 aromatic heterocycles. The van der Waals surface area contributed by atoms with E-state index in [1.54, 1.807) is 17.2 Å². The molecule has 2 N–H and O–H groups in total. The van der Waals surface area contributed by atoms with Crippen LogP contribution in [0.1, 0.15) is 33.0 Å². The molecule has 1 unspecified atom stereocenters. The zero-order chi connectivity index (χ0) is 18.4. The lowest BCUT2D eigenvalue weighted by Crippen LogP contribution is -2.60. The van der Waals surface area contributed by atoms with Crippen LogP contribution in [-0.2, 0) is 13.1 Å². The van der Waals surface area contributed by atoms with E-state index in [9.17, 15) is 24.6 Å². The maximum atomic E-state index is 12.9. The zero-order valence-electron chi connectivity index (χ0n) is 13.8. The molecule has 0 radical (unpaired) electrons. The lowest BCUT2D eigenvalue weighted by molar-refractivity contribution is -0.0165. The Balaban J connectivity index is 1.75.